The molecular formula is C37H30N2O2. The molecule has 0 saturated carbocycles. The van der Waals surface area contributed by atoms with Gasteiger partial charge in [0.05, 0.1) is 12.6 Å². The second-order valence-corrected chi connectivity index (χ2v) is 10.2. The van der Waals surface area contributed by atoms with E-state index in [0.29, 0.717) is 17.7 Å². The largest absolute Gasteiger partial charge is 0.507 e. The lowest BCUT2D eigenvalue weighted by molar-refractivity contribution is 0.476. The number of phenolic OH excluding ortho intramolecular Hbond substituents is 2. The number of rotatable bonds is 7. The number of aliphatic imine (C=N–C) groups is 2. The molecule has 6 rings (SSSR count). The second-order valence-electron chi connectivity index (χ2n) is 10.2. The molecule has 0 aliphatic heterocycles. The van der Waals surface area contributed by atoms with Crippen molar-refractivity contribution in [3.63, 3.8) is 0 Å². The molecule has 0 heterocycles. The summed E-state index contributed by atoms with van der Waals surface area (Å²) in [5, 5.41) is 26.6. The van der Waals surface area contributed by atoms with E-state index in [1.165, 1.54) is 0 Å². The standard InChI is InChI=1S/C37H30N2O2/c1-25(39-24-29-15-9-21-35(37(29)41)33-19-7-13-27-11-3-5-17-31(27)33)22-38-23-28-14-8-20-34(36(28)40)32-18-6-12-26-10-2-4-16-30(26)32/h2-21,23-25,40-41H,22H2,1H3. The van der Waals surface area contributed by atoms with E-state index >= 15 is 0 Å². The SMILES string of the molecule is CC(CN=Cc1cccc(-c2cccc3ccccc23)c1O)N=Cc1cccc(-c2cccc3ccccc23)c1O. The smallest absolute Gasteiger partial charge is 0.132 e. The van der Waals surface area contributed by atoms with Crippen LogP contribution in [0.5, 0.6) is 11.5 Å². The quantitative estimate of drug-likeness (QED) is 0.201. The fraction of sp³-hybridized carbons (Fsp3) is 0.0811. The lowest BCUT2D eigenvalue weighted by Crippen LogP contribution is -2.04. The fourth-order valence-corrected chi connectivity index (χ4v) is 5.24. The number of benzene rings is 6. The number of fused-ring (bicyclic) bond motifs is 2. The Balaban J connectivity index is 1.19. The minimum atomic E-state index is -0.116. The highest BCUT2D eigenvalue weighted by Gasteiger charge is 2.12. The van der Waals surface area contributed by atoms with Gasteiger partial charge in [0.1, 0.15) is 11.5 Å². The second kappa shape index (κ2) is 11.5. The van der Waals surface area contributed by atoms with Crippen molar-refractivity contribution in [1.29, 1.82) is 0 Å². The van der Waals surface area contributed by atoms with Crippen molar-refractivity contribution in [3.05, 3.63) is 132 Å². The Bertz CT molecular complexity index is 1910. The van der Waals surface area contributed by atoms with Crippen LogP contribution in [-0.4, -0.2) is 35.2 Å². The predicted molar refractivity (Wildman–Crippen MR) is 172 cm³/mol. The predicted octanol–water partition coefficient (Wildman–Crippen LogP) is 8.66. The number of nitrogens with zero attached hydrogens (tertiary/aromatic N) is 2. The normalized spacial score (nSPS) is 12.5. The van der Waals surface area contributed by atoms with Gasteiger partial charge in [-0.15, -0.1) is 0 Å². The molecule has 0 aromatic heterocycles. The molecule has 0 fully saturated rings. The lowest BCUT2D eigenvalue weighted by Gasteiger charge is -2.11. The van der Waals surface area contributed by atoms with E-state index in [-0.39, 0.29) is 17.5 Å². The Morgan fingerprint density at radius 2 is 0.976 bits per heavy atom. The number of hydrogen-bond acceptors (Lipinski definition) is 4. The molecule has 6 aromatic carbocycles. The minimum Gasteiger partial charge on any atom is -0.507 e. The molecule has 4 nitrogen and oxygen atoms in total. The van der Waals surface area contributed by atoms with E-state index in [2.05, 4.69) is 46.4 Å². The highest BCUT2D eigenvalue weighted by atomic mass is 16.3. The number of phenols is 2. The van der Waals surface area contributed by atoms with Crippen LogP contribution in [0.1, 0.15) is 18.1 Å². The summed E-state index contributed by atoms with van der Waals surface area (Å²) in [5.41, 5.74) is 4.84. The van der Waals surface area contributed by atoms with Gasteiger partial charge in [-0.3, -0.25) is 9.98 Å². The van der Waals surface area contributed by atoms with Gasteiger partial charge < -0.3 is 10.2 Å². The van der Waals surface area contributed by atoms with Crippen LogP contribution in [0.4, 0.5) is 0 Å². The van der Waals surface area contributed by atoms with Crippen LogP contribution in [0.25, 0.3) is 43.8 Å². The van der Waals surface area contributed by atoms with Gasteiger partial charge in [-0.05, 0) is 51.7 Å². The van der Waals surface area contributed by atoms with E-state index in [1.807, 2.05) is 91.9 Å². The first-order chi connectivity index (χ1) is 20.1. The molecule has 0 bridgehead atoms. The molecule has 0 radical (unpaired) electrons. The third-order valence-electron chi connectivity index (χ3n) is 7.36. The van der Waals surface area contributed by atoms with Crippen LogP contribution in [0.3, 0.4) is 0 Å². The first-order valence-corrected chi connectivity index (χ1v) is 13.7. The van der Waals surface area contributed by atoms with Gasteiger partial charge >= 0.3 is 0 Å². The van der Waals surface area contributed by atoms with Crippen LogP contribution in [0.15, 0.2) is 131 Å². The van der Waals surface area contributed by atoms with E-state index < -0.39 is 0 Å². The maximum Gasteiger partial charge on any atom is 0.132 e. The first kappa shape index (κ1) is 26.0. The molecule has 6 aromatic rings. The van der Waals surface area contributed by atoms with Crippen LogP contribution < -0.4 is 0 Å². The maximum absolute atomic E-state index is 11.1. The Kier molecular flexibility index (Phi) is 7.29. The Morgan fingerprint density at radius 1 is 0.537 bits per heavy atom. The highest BCUT2D eigenvalue weighted by Crippen LogP contribution is 2.37. The molecule has 41 heavy (non-hydrogen) atoms. The lowest BCUT2D eigenvalue weighted by atomic mass is 9.96. The zero-order chi connectivity index (χ0) is 28.2. The van der Waals surface area contributed by atoms with Crippen molar-refractivity contribution in [3.8, 4) is 33.8 Å². The van der Waals surface area contributed by atoms with Crippen molar-refractivity contribution in [2.75, 3.05) is 6.54 Å². The molecule has 0 saturated heterocycles. The van der Waals surface area contributed by atoms with Crippen LogP contribution in [-0.2, 0) is 0 Å². The van der Waals surface area contributed by atoms with Crippen molar-refractivity contribution >= 4 is 34.0 Å². The summed E-state index contributed by atoms with van der Waals surface area (Å²) < 4.78 is 0. The van der Waals surface area contributed by atoms with Gasteiger partial charge in [0, 0.05) is 34.7 Å². The molecule has 0 aliphatic rings. The maximum atomic E-state index is 11.1. The molecule has 1 atom stereocenters. The summed E-state index contributed by atoms with van der Waals surface area (Å²) in [6.07, 6.45) is 3.41. The molecule has 1 unspecified atom stereocenters. The zero-order valence-corrected chi connectivity index (χ0v) is 22.8. The zero-order valence-electron chi connectivity index (χ0n) is 22.8. The average Bonchev–Trinajstić information content (AvgIpc) is 3.01. The van der Waals surface area contributed by atoms with E-state index in [9.17, 15) is 10.2 Å². The molecule has 0 aliphatic carbocycles. The van der Waals surface area contributed by atoms with Gasteiger partial charge in [0.25, 0.3) is 0 Å². The summed E-state index contributed by atoms with van der Waals surface area (Å²) in [5.74, 6) is 0.414. The molecule has 2 N–H and O–H groups in total. The Labute approximate surface area is 239 Å². The first-order valence-electron chi connectivity index (χ1n) is 13.7. The molecular weight excluding hydrogens is 504 g/mol. The number of aromatic hydroxyl groups is 2. The highest BCUT2D eigenvalue weighted by molar-refractivity contribution is 6.01. The number of para-hydroxylation sites is 2. The third kappa shape index (κ3) is 5.32. The third-order valence-corrected chi connectivity index (χ3v) is 7.36. The monoisotopic (exact) mass is 534 g/mol. The molecule has 0 spiro atoms. The van der Waals surface area contributed by atoms with E-state index in [4.69, 9.17) is 0 Å². The molecule has 200 valence electrons. The minimum absolute atomic E-state index is 0.116. The Hall–Kier alpha value is -5.22. The van der Waals surface area contributed by atoms with Crippen molar-refractivity contribution in [1.82, 2.24) is 0 Å². The fourth-order valence-electron chi connectivity index (χ4n) is 5.24. The van der Waals surface area contributed by atoms with Crippen LogP contribution in [0.2, 0.25) is 0 Å². The van der Waals surface area contributed by atoms with Gasteiger partial charge in [-0.1, -0.05) is 109 Å². The van der Waals surface area contributed by atoms with E-state index in [0.717, 1.165) is 43.8 Å². The summed E-state index contributed by atoms with van der Waals surface area (Å²) in [4.78, 5) is 9.22. The summed E-state index contributed by atoms with van der Waals surface area (Å²) in [6, 6.07) is 39.9. The summed E-state index contributed by atoms with van der Waals surface area (Å²) in [7, 11) is 0. The number of hydrogen-bond donors (Lipinski definition) is 2. The summed E-state index contributed by atoms with van der Waals surface area (Å²) >= 11 is 0. The summed E-state index contributed by atoms with van der Waals surface area (Å²) in [6.45, 7) is 2.42. The van der Waals surface area contributed by atoms with Gasteiger partial charge in [0.15, 0.2) is 0 Å². The van der Waals surface area contributed by atoms with E-state index in [1.54, 1.807) is 12.4 Å². The van der Waals surface area contributed by atoms with Gasteiger partial charge in [0.2, 0.25) is 0 Å². The van der Waals surface area contributed by atoms with Gasteiger partial charge in [-0.2, -0.15) is 0 Å². The van der Waals surface area contributed by atoms with Crippen molar-refractivity contribution in [2.45, 2.75) is 13.0 Å². The average molecular weight is 535 g/mol. The van der Waals surface area contributed by atoms with Crippen LogP contribution >= 0.6 is 0 Å². The van der Waals surface area contributed by atoms with Crippen molar-refractivity contribution in [2.24, 2.45) is 9.98 Å². The van der Waals surface area contributed by atoms with Crippen LogP contribution in [0, 0.1) is 0 Å². The molecule has 0 amide bonds. The van der Waals surface area contributed by atoms with Gasteiger partial charge in [-0.25, -0.2) is 0 Å². The Morgan fingerprint density at radius 3 is 1.54 bits per heavy atom. The topological polar surface area (TPSA) is 65.2 Å². The van der Waals surface area contributed by atoms with Crippen molar-refractivity contribution < 1.29 is 10.2 Å². The molecule has 4 heteroatoms.